The van der Waals surface area contributed by atoms with Gasteiger partial charge >= 0.3 is 0 Å². The molecule has 9 heteroatoms. The summed E-state index contributed by atoms with van der Waals surface area (Å²) in [5.41, 5.74) is 2.12. The highest BCUT2D eigenvalue weighted by molar-refractivity contribution is 7.98. The third-order valence-electron chi connectivity index (χ3n) is 6.24. The summed E-state index contributed by atoms with van der Waals surface area (Å²) < 4.78 is 35.7. The lowest BCUT2D eigenvalue weighted by atomic mass is 10.1. The largest absolute Gasteiger partial charge is 0.497 e. The lowest BCUT2D eigenvalue weighted by Gasteiger charge is -2.36. The number of hydrogen-bond donors (Lipinski definition) is 0. The van der Waals surface area contributed by atoms with E-state index in [1.54, 1.807) is 18.2 Å². The minimum absolute atomic E-state index is 0.224. The van der Waals surface area contributed by atoms with Crippen molar-refractivity contribution in [3.63, 3.8) is 0 Å². The predicted octanol–water partition coefficient (Wildman–Crippen LogP) is 5.71. The summed E-state index contributed by atoms with van der Waals surface area (Å²) in [5, 5.41) is 0.563. The summed E-state index contributed by atoms with van der Waals surface area (Å²) in [6.07, 6.45) is 1.49. The Morgan fingerprint density at radius 1 is 1.08 bits per heavy atom. The van der Waals surface area contributed by atoms with E-state index in [9.17, 15) is 9.59 Å². The van der Waals surface area contributed by atoms with Crippen LogP contribution in [0.4, 0.5) is 20.2 Å². The minimum atomic E-state index is -0.737. The van der Waals surface area contributed by atoms with E-state index in [-0.39, 0.29) is 24.6 Å². The molecule has 0 spiro atoms. The molecule has 4 aromatic rings. The zero-order valence-electron chi connectivity index (χ0n) is 20.2. The van der Waals surface area contributed by atoms with Crippen molar-refractivity contribution in [2.75, 3.05) is 23.5 Å². The predicted molar refractivity (Wildman–Crippen MR) is 140 cm³/mol. The van der Waals surface area contributed by atoms with Crippen LogP contribution in [0.2, 0.25) is 0 Å². The lowest BCUT2D eigenvalue weighted by molar-refractivity contribution is -0.122. The van der Waals surface area contributed by atoms with Gasteiger partial charge in [0, 0.05) is 34.6 Å². The highest BCUT2D eigenvalue weighted by Crippen LogP contribution is 2.41. The number of halogens is 2. The van der Waals surface area contributed by atoms with Crippen molar-refractivity contribution >= 4 is 45.9 Å². The first-order valence-corrected chi connectivity index (χ1v) is 12.5. The normalized spacial score (nSPS) is 13.1. The Morgan fingerprint density at radius 3 is 2.49 bits per heavy atom. The maximum Gasteiger partial charge on any atom is 0.247 e. The van der Waals surface area contributed by atoms with Crippen LogP contribution < -0.4 is 14.5 Å². The van der Waals surface area contributed by atoms with Gasteiger partial charge < -0.3 is 9.64 Å². The van der Waals surface area contributed by atoms with Gasteiger partial charge in [-0.25, -0.2) is 8.78 Å². The number of thioether (sulfide) groups is 1. The number of benzene rings is 3. The summed E-state index contributed by atoms with van der Waals surface area (Å²) >= 11 is 1.33. The lowest BCUT2D eigenvalue weighted by Crippen LogP contribution is -2.47. The van der Waals surface area contributed by atoms with Gasteiger partial charge in [0.1, 0.15) is 23.9 Å². The molecule has 5 rings (SSSR count). The smallest absolute Gasteiger partial charge is 0.247 e. The molecular formula is C28H23F2N3O3S. The Hall–Kier alpha value is -3.98. The molecule has 2 amide bonds. The number of carbonyl (C=O) groups excluding carboxylic acids is 2. The SMILES string of the molecule is COc1ccc2c3c(cnc2c1)N(C(C)=O)CC(=O)N3Cc1c(F)cc(SCc2ccccc2)cc1F. The van der Waals surface area contributed by atoms with Crippen LogP contribution in [0.25, 0.3) is 10.9 Å². The average Bonchev–Trinajstić information content (AvgIpc) is 2.90. The van der Waals surface area contributed by atoms with Gasteiger partial charge in [-0.05, 0) is 29.8 Å². The van der Waals surface area contributed by atoms with Crippen molar-refractivity contribution in [3.05, 3.63) is 89.6 Å². The Balaban J connectivity index is 1.52. The molecule has 0 atom stereocenters. The van der Waals surface area contributed by atoms with Crippen molar-refractivity contribution in [3.8, 4) is 5.75 Å². The molecule has 0 saturated carbocycles. The van der Waals surface area contributed by atoms with Crippen molar-refractivity contribution in [1.82, 2.24) is 4.98 Å². The van der Waals surface area contributed by atoms with Crippen LogP contribution in [0.3, 0.4) is 0 Å². The zero-order valence-corrected chi connectivity index (χ0v) is 21.0. The fourth-order valence-corrected chi connectivity index (χ4v) is 5.25. The van der Waals surface area contributed by atoms with Gasteiger partial charge in [-0.3, -0.25) is 19.5 Å². The monoisotopic (exact) mass is 519 g/mol. The van der Waals surface area contributed by atoms with Gasteiger partial charge in [0.25, 0.3) is 0 Å². The molecule has 0 bridgehead atoms. The average molecular weight is 520 g/mol. The van der Waals surface area contributed by atoms with Gasteiger partial charge in [0.2, 0.25) is 11.8 Å². The Bertz CT molecular complexity index is 1490. The van der Waals surface area contributed by atoms with Crippen molar-refractivity contribution in [1.29, 1.82) is 0 Å². The minimum Gasteiger partial charge on any atom is -0.497 e. The van der Waals surface area contributed by atoms with Crippen LogP contribution in [-0.4, -0.2) is 30.5 Å². The molecule has 37 heavy (non-hydrogen) atoms. The molecule has 6 nitrogen and oxygen atoms in total. The fraction of sp³-hybridized carbons (Fsp3) is 0.179. The first-order valence-electron chi connectivity index (χ1n) is 11.6. The van der Waals surface area contributed by atoms with E-state index in [1.807, 2.05) is 30.3 Å². The number of carbonyl (C=O) groups is 2. The molecule has 0 aliphatic carbocycles. The molecule has 3 aromatic carbocycles. The number of fused-ring (bicyclic) bond motifs is 3. The third-order valence-corrected chi connectivity index (χ3v) is 7.29. The van der Waals surface area contributed by atoms with E-state index in [2.05, 4.69) is 4.98 Å². The molecule has 0 radical (unpaired) electrons. The fourth-order valence-electron chi connectivity index (χ4n) is 4.35. The third kappa shape index (κ3) is 4.86. The number of rotatable bonds is 6. The summed E-state index contributed by atoms with van der Waals surface area (Å²) in [6.45, 7) is 0.778. The van der Waals surface area contributed by atoms with E-state index in [0.29, 0.717) is 38.7 Å². The first-order chi connectivity index (χ1) is 17.9. The molecule has 188 valence electrons. The Kier molecular flexibility index (Phi) is 6.80. The number of hydrogen-bond acceptors (Lipinski definition) is 5. The van der Waals surface area contributed by atoms with Gasteiger partial charge in [-0.1, -0.05) is 30.3 Å². The second kappa shape index (κ2) is 10.2. The topological polar surface area (TPSA) is 62.7 Å². The van der Waals surface area contributed by atoms with E-state index in [1.165, 1.54) is 53.9 Å². The van der Waals surface area contributed by atoms with Crippen LogP contribution in [0.1, 0.15) is 18.1 Å². The van der Waals surface area contributed by atoms with Crippen LogP contribution >= 0.6 is 11.8 Å². The maximum atomic E-state index is 15.2. The van der Waals surface area contributed by atoms with Crippen molar-refractivity contribution in [2.24, 2.45) is 0 Å². The molecule has 0 fully saturated rings. The second-order valence-electron chi connectivity index (χ2n) is 8.60. The number of anilines is 2. The zero-order chi connectivity index (χ0) is 26.1. The molecule has 1 aliphatic rings. The highest BCUT2D eigenvalue weighted by atomic mass is 32.2. The van der Waals surface area contributed by atoms with Crippen molar-refractivity contribution in [2.45, 2.75) is 24.1 Å². The molecule has 0 saturated heterocycles. The number of amides is 2. The molecule has 0 N–H and O–H groups in total. The van der Waals surface area contributed by atoms with E-state index in [4.69, 9.17) is 4.74 Å². The van der Waals surface area contributed by atoms with E-state index in [0.717, 1.165) is 5.56 Å². The van der Waals surface area contributed by atoms with Crippen LogP contribution in [0.15, 0.2) is 71.8 Å². The standard InChI is InChI=1S/C28H23F2N3O3S/c1-17(34)32-15-27(35)33(28-21-9-8-19(36-2)10-25(21)31-13-26(28)32)14-22-23(29)11-20(12-24(22)30)37-16-18-6-4-3-5-7-18/h3-13H,14-16H2,1-2H3. The first kappa shape index (κ1) is 24.7. The second-order valence-corrected chi connectivity index (χ2v) is 9.65. The molecule has 2 heterocycles. The van der Waals surface area contributed by atoms with Gasteiger partial charge in [-0.15, -0.1) is 11.8 Å². The quantitative estimate of drug-likeness (QED) is 0.305. The summed E-state index contributed by atoms with van der Waals surface area (Å²) in [4.78, 5) is 33.1. The number of aromatic nitrogens is 1. The van der Waals surface area contributed by atoms with E-state index >= 15 is 8.78 Å². The molecular weight excluding hydrogens is 496 g/mol. The van der Waals surface area contributed by atoms with E-state index < -0.39 is 17.5 Å². The summed E-state index contributed by atoms with van der Waals surface area (Å²) in [5.74, 6) is -1.12. The van der Waals surface area contributed by atoms with Crippen LogP contribution in [0, 0.1) is 11.6 Å². The van der Waals surface area contributed by atoms with Crippen molar-refractivity contribution < 1.29 is 23.1 Å². The van der Waals surface area contributed by atoms with Gasteiger partial charge in [0.15, 0.2) is 0 Å². The highest BCUT2D eigenvalue weighted by Gasteiger charge is 2.34. The van der Waals surface area contributed by atoms with Crippen LogP contribution in [-0.2, 0) is 21.9 Å². The molecule has 1 aliphatic heterocycles. The van der Waals surface area contributed by atoms with Crippen LogP contribution in [0.5, 0.6) is 5.75 Å². The van der Waals surface area contributed by atoms with Gasteiger partial charge in [-0.2, -0.15) is 0 Å². The molecule has 1 aromatic heterocycles. The Morgan fingerprint density at radius 2 is 1.81 bits per heavy atom. The molecule has 0 unspecified atom stereocenters. The number of pyridine rings is 1. The Labute approximate surface area is 216 Å². The number of methoxy groups -OCH3 is 1. The summed E-state index contributed by atoms with van der Waals surface area (Å²) in [7, 11) is 1.53. The maximum absolute atomic E-state index is 15.2. The number of ether oxygens (including phenoxy) is 1. The van der Waals surface area contributed by atoms with Gasteiger partial charge in [0.05, 0.1) is 36.7 Å². The summed E-state index contributed by atoms with van der Waals surface area (Å²) in [6, 6.07) is 17.3. The number of nitrogens with zero attached hydrogens (tertiary/aromatic N) is 3.